The number of rotatable bonds is 5. The Bertz CT molecular complexity index is 1040. The van der Waals surface area contributed by atoms with Gasteiger partial charge in [0.15, 0.2) is 11.0 Å². The van der Waals surface area contributed by atoms with Crippen molar-refractivity contribution in [3.8, 4) is 0 Å². The maximum absolute atomic E-state index is 13.1. The molecule has 1 aromatic heterocycles. The molecule has 1 heterocycles. The topological polar surface area (TPSA) is 101 Å². The van der Waals surface area contributed by atoms with Crippen molar-refractivity contribution < 1.29 is 13.2 Å². The number of hydrogen-bond acceptors (Lipinski definition) is 5. The van der Waals surface area contributed by atoms with Gasteiger partial charge in [-0.25, -0.2) is 8.42 Å². The highest BCUT2D eigenvalue weighted by molar-refractivity contribution is 7.92. The number of benzene rings is 1. The zero-order valence-corrected chi connectivity index (χ0v) is 17.9. The van der Waals surface area contributed by atoms with Crippen molar-refractivity contribution in [3.63, 3.8) is 0 Å². The fraction of sp³-hybridized carbons (Fsp3) is 0.476. The van der Waals surface area contributed by atoms with Gasteiger partial charge in [0, 0.05) is 5.69 Å². The van der Waals surface area contributed by atoms with E-state index in [4.69, 9.17) is 11.6 Å². The number of carbonyl (C=O) groups excluding carboxylic acids is 1. The van der Waals surface area contributed by atoms with Gasteiger partial charge in [-0.15, -0.1) is 10.2 Å². The molecular weight excluding hydrogens is 424 g/mol. The molecule has 0 aliphatic heterocycles. The Hall–Kier alpha value is -2.19. The molecule has 0 saturated heterocycles. The Balaban J connectivity index is 1.28. The first-order valence-electron chi connectivity index (χ1n) is 10.2. The summed E-state index contributed by atoms with van der Waals surface area (Å²) in [6.07, 6.45) is 6.81. The van der Waals surface area contributed by atoms with Gasteiger partial charge < -0.3 is 5.32 Å². The second kappa shape index (κ2) is 7.20. The van der Waals surface area contributed by atoms with Crippen LogP contribution < -0.4 is 10.0 Å². The van der Waals surface area contributed by atoms with Crippen molar-refractivity contribution in [2.45, 2.75) is 43.4 Å². The maximum atomic E-state index is 13.1. The van der Waals surface area contributed by atoms with E-state index in [-0.39, 0.29) is 27.2 Å². The van der Waals surface area contributed by atoms with Gasteiger partial charge in [0.25, 0.3) is 10.0 Å². The standard InChI is InChI=1S/C21H23ClN4O3S/c22-18-5-6-19(25-24-18)26-30(28,29)17-3-1-16(2-4-17)23-20(27)21-10-13-7-14(11-21)9-15(8-13)12-21/h1-6,13-15H,7-12H2,(H,23,27)(H,25,26). The molecule has 4 fully saturated rings. The van der Waals surface area contributed by atoms with E-state index in [9.17, 15) is 13.2 Å². The van der Waals surface area contributed by atoms with Crippen LogP contribution in [0.3, 0.4) is 0 Å². The SMILES string of the molecule is O=C(Nc1ccc(S(=O)(=O)Nc2ccc(Cl)nn2)cc1)C12CC3CC(CC(C3)C1)C2. The lowest BCUT2D eigenvalue weighted by atomic mass is 9.49. The Morgan fingerprint density at radius 1 is 0.933 bits per heavy atom. The fourth-order valence-electron chi connectivity index (χ4n) is 5.94. The molecule has 158 valence electrons. The Labute approximate surface area is 180 Å². The molecule has 2 N–H and O–H groups in total. The normalized spacial score (nSPS) is 29.6. The van der Waals surface area contributed by atoms with Crippen molar-refractivity contribution in [1.82, 2.24) is 10.2 Å². The summed E-state index contributed by atoms with van der Waals surface area (Å²) in [5.41, 5.74) is 0.370. The number of anilines is 2. The Morgan fingerprint density at radius 2 is 1.53 bits per heavy atom. The van der Waals surface area contributed by atoms with Gasteiger partial charge >= 0.3 is 0 Å². The smallest absolute Gasteiger partial charge is 0.263 e. The van der Waals surface area contributed by atoms with E-state index in [2.05, 4.69) is 20.2 Å². The molecule has 30 heavy (non-hydrogen) atoms. The quantitative estimate of drug-likeness (QED) is 0.720. The van der Waals surface area contributed by atoms with Crippen LogP contribution in [0.2, 0.25) is 5.15 Å². The fourth-order valence-corrected chi connectivity index (χ4v) is 7.03. The second-order valence-electron chi connectivity index (χ2n) is 9.02. The third-order valence-electron chi connectivity index (χ3n) is 6.81. The number of aromatic nitrogens is 2. The molecule has 1 amide bonds. The van der Waals surface area contributed by atoms with Gasteiger partial charge in [-0.2, -0.15) is 0 Å². The number of hydrogen-bond donors (Lipinski definition) is 2. The lowest BCUT2D eigenvalue weighted by Crippen LogP contribution is -2.51. The largest absolute Gasteiger partial charge is 0.326 e. The lowest BCUT2D eigenvalue weighted by Gasteiger charge is -2.55. The van der Waals surface area contributed by atoms with E-state index in [1.807, 2.05) is 0 Å². The molecule has 4 bridgehead atoms. The molecule has 7 nitrogen and oxygen atoms in total. The number of nitrogens with one attached hydrogen (secondary N) is 2. The maximum Gasteiger partial charge on any atom is 0.263 e. The summed E-state index contributed by atoms with van der Waals surface area (Å²) in [5.74, 6) is 2.25. The van der Waals surface area contributed by atoms with E-state index in [1.54, 1.807) is 12.1 Å². The molecule has 0 spiro atoms. The molecule has 0 unspecified atom stereocenters. The van der Waals surface area contributed by atoms with Gasteiger partial charge in [-0.05, 0) is 92.7 Å². The molecule has 2 aromatic rings. The van der Waals surface area contributed by atoms with Crippen molar-refractivity contribution in [3.05, 3.63) is 41.6 Å². The van der Waals surface area contributed by atoms with Crippen LogP contribution in [0.5, 0.6) is 0 Å². The van der Waals surface area contributed by atoms with Crippen LogP contribution in [-0.4, -0.2) is 24.5 Å². The number of halogens is 1. The van der Waals surface area contributed by atoms with E-state index >= 15 is 0 Å². The molecular formula is C21H23ClN4O3S. The minimum Gasteiger partial charge on any atom is -0.326 e. The molecule has 0 radical (unpaired) electrons. The summed E-state index contributed by atoms with van der Waals surface area (Å²) in [6, 6.07) is 9.09. The van der Waals surface area contributed by atoms with Gasteiger partial charge in [0.05, 0.1) is 10.3 Å². The summed E-state index contributed by atoms with van der Waals surface area (Å²) in [4.78, 5) is 13.2. The average Bonchev–Trinajstić information content (AvgIpc) is 2.69. The first-order chi connectivity index (χ1) is 14.3. The van der Waals surface area contributed by atoms with Gasteiger partial charge in [0.1, 0.15) is 0 Å². The van der Waals surface area contributed by atoms with Gasteiger partial charge in [-0.3, -0.25) is 9.52 Å². The van der Waals surface area contributed by atoms with Crippen LogP contribution in [0.1, 0.15) is 38.5 Å². The predicted molar refractivity (Wildman–Crippen MR) is 114 cm³/mol. The summed E-state index contributed by atoms with van der Waals surface area (Å²) in [7, 11) is -3.82. The van der Waals surface area contributed by atoms with Crippen molar-refractivity contribution in [1.29, 1.82) is 0 Å². The summed E-state index contributed by atoms with van der Waals surface area (Å²) in [6.45, 7) is 0. The first-order valence-corrected chi connectivity index (χ1v) is 12.1. The van der Waals surface area contributed by atoms with Crippen molar-refractivity contribution in [2.24, 2.45) is 23.2 Å². The third-order valence-corrected chi connectivity index (χ3v) is 8.39. The van der Waals surface area contributed by atoms with Crippen LogP contribution >= 0.6 is 11.6 Å². The van der Waals surface area contributed by atoms with E-state index in [0.29, 0.717) is 23.4 Å². The van der Waals surface area contributed by atoms with Gasteiger partial charge in [-0.1, -0.05) is 11.6 Å². The van der Waals surface area contributed by atoms with Crippen molar-refractivity contribution in [2.75, 3.05) is 10.0 Å². The molecule has 4 aliphatic carbocycles. The van der Waals surface area contributed by atoms with E-state index < -0.39 is 10.0 Å². The number of carbonyl (C=O) groups is 1. The molecule has 0 atom stereocenters. The second-order valence-corrected chi connectivity index (χ2v) is 11.1. The van der Waals surface area contributed by atoms with Crippen LogP contribution in [0.4, 0.5) is 11.5 Å². The van der Waals surface area contributed by atoms with Crippen LogP contribution in [0, 0.1) is 23.2 Å². The number of nitrogens with zero attached hydrogens (tertiary/aromatic N) is 2. The molecule has 4 saturated carbocycles. The predicted octanol–water partition coefficient (Wildman–Crippen LogP) is 4.09. The van der Waals surface area contributed by atoms with Crippen LogP contribution in [-0.2, 0) is 14.8 Å². The number of amides is 1. The summed E-state index contributed by atoms with van der Waals surface area (Å²) in [5, 5.41) is 10.5. The minimum atomic E-state index is -3.82. The summed E-state index contributed by atoms with van der Waals surface area (Å²) < 4.78 is 27.5. The zero-order chi connectivity index (χ0) is 20.9. The van der Waals surface area contributed by atoms with Crippen molar-refractivity contribution >= 4 is 39.0 Å². The molecule has 1 aromatic carbocycles. The lowest BCUT2D eigenvalue weighted by molar-refractivity contribution is -0.140. The van der Waals surface area contributed by atoms with E-state index in [0.717, 1.165) is 19.3 Å². The minimum absolute atomic E-state index is 0.0760. The highest BCUT2D eigenvalue weighted by Gasteiger charge is 2.54. The zero-order valence-electron chi connectivity index (χ0n) is 16.3. The Kier molecular flexibility index (Phi) is 4.74. The summed E-state index contributed by atoms with van der Waals surface area (Å²) >= 11 is 5.67. The number of sulfonamides is 1. The van der Waals surface area contributed by atoms with Crippen LogP contribution in [0.15, 0.2) is 41.3 Å². The van der Waals surface area contributed by atoms with E-state index in [1.165, 1.54) is 43.5 Å². The monoisotopic (exact) mass is 446 g/mol. The Morgan fingerprint density at radius 3 is 2.07 bits per heavy atom. The highest BCUT2D eigenvalue weighted by Crippen LogP contribution is 2.60. The van der Waals surface area contributed by atoms with Gasteiger partial charge in [0.2, 0.25) is 5.91 Å². The van der Waals surface area contributed by atoms with Crippen LogP contribution in [0.25, 0.3) is 0 Å². The molecule has 4 aliphatic rings. The highest BCUT2D eigenvalue weighted by atomic mass is 35.5. The molecule has 9 heteroatoms. The first kappa shape index (κ1) is 19.8. The molecule has 6 rings (SSSR count). The third kappa shape index (κ3) is 3.67. The average molecular weight is 447 g/mol.